The van der Waals surface area contributed by atoms with Crippen LogP contribution in [0.1, 0.15) is 19.3 Å². The van der Waals surface area contributed by atoms with Gasteiger partial charge in [0, 0.05) is 32.7 Å². The van der Waals surface area contributed by atoms with Crippen LogP contribution in [-0.2, 0) is 32.7 Å². The van der Waals surface area contributed by atoms with Gasteiger partial charge in [0.2, 0.25) is 0 Å². The first kappa shape index (κ1) is 6.10. The molecule has 0 heterocycles. The summed E-state index contributed by atoms with van der Waals surface area (Å²) in [5.41, 5.74) is 0. The zero-order valence-electron chi connectivity index (χ0n) is 3.28. The van der Waals surface area contributed by atoms with Crippen LogP contribution in [0, 0.1) is 6.42 Å². The van der Waals surface area contributed by atoms with Gasteiger partial charge >= 0.3 is 0 Å². The maximum absolute atomic E-state index is 2.31. The van der Waals surface area contributed by atoms with E-state index in [2.05, 4.69) is 6.42 Å². The molecule has 0 aromatic rings. The molecule has 0 nitrogen and oxygen atoms in total. The molecule has 1 radical (unpaired) electrons. The summed E-state index contributed by atoms with van der Waals surface area (Å²) in [4.78, 5) is 0. The van der Waals surface area contributed by atoms with Crippen molar-refractivity contribution >= 4 is 0 Å². The number of rotatable bonds is 0. The molecule has 1 fully saturated rings. The summed E-state index contributed by atoms with van der Waals surface area (Å²) in [7, 11) is 0. The van der Waals surface area contributed by atoms with Crippen LogP contribution in [0.15, 0.2) is 0 Å². The molecule has 0 N–H and O–H groups in total. The Morgan fingerprint density at radius 1 is 1.20 bits per heavy atom. The molecule has 1 saturated carbocycles. The van der Waals surface area contributed by atoms with Gasteiger partial charge in [0.15, 0.2) is 0 Å². The Morgan fingerprint density at radius 3 is 1.40 bits per heavy atom. The van der Waals surface area contributed by atoms with Crippen LogP contribution < -0.4 is 0 Å². The van der Waals surface area contributed by atoms with Gasteiger partial charge in [-0.3, -0.25) is 0 Å². The minimum Gasteiger partial charge on any atom is -0.329 e. The van der Waals surface area contributed by atoms with E-state index in [1.54, 1.807) is 0 Å². The average molecular weight is 144 g/mol. The van der Waals surface area contributed by atoms with E-state index in [1.165, 1.54) is 19.3 Å². The van der Waals surface area contributed by atoms with E-state index in [1.807, 2.05) is 0 Å². The second kappa shape index (κ2) is 3.30. The van der Waals surface area contributed by atoms with Crippen LogP contribution in [0.25, 0.3) is 0 Å². The molecule has 1 aliphatic carbocycles. The second-order valence-electron chi connectivity index (χ2n) is 1.22. The van der Waals surface area contributed by atoms with Crippen molar-refractivity contribution < 1.29 is 32.7 Å². The first-order valence-electron chi connectivity index (χ1n) is 1.82. The summed E-state index contributed by atoms with van der Waals surface area (Å²) in [5, 5.41) is 0. The van der Waals surface area contributed by atoms with Gasteiger partial charge in [-0.05, 0) is 0 Å². The Labute approximate surface area is 58.2 Å². The second-order valence-corrected chi connectivity index (χ2v) is 1.22. The van der Waals surface area contributed by atoms with Crippen molar-refractivity contribution in [2.45, 2.75) is 19.3 Å². The van der Waals surface area contributed by atoms with Crippen molar-refractivity contribution in [1.82, 2.24) is 0 Å². The molecule has 0 atom stereocenters. The fourth-order valence-electron chi connectivity index (χ4n) is 0.204. The maximum Gasteiger partial charge on any atom is 0 e. The van der Waals surface area contributed by atoms with Crippen LogP contribution in [0.4, 0.5) is 0 Å². The predicted octanol–water partition coefficient (Wildman–Crippen LogP) is 1.37. The van der Waals surface area contributed by atoms with E-state index in [4.69, 9.17) is 0 Å². The SMILES string of the molecule is [CH-]1CCC1.[Y]. The molecule has 1 aliphatic rings. The minimum atomic E-state index is 0. The van der Waals surface area contributed by atoms with Crippen molar-refractivity contribution in [2.24, 2.45) is 0 Å². The van der Waals surface area contributed by atoms with E-state index >= 15 is 0 Å². The van der Waals surface area contributed by atoms with E-state index in [9.17, 15) is 0 Å². The van der Waals surface area contributed by atoms with Gasteiger partial charge in [-0.15, -0.1) is 6.42 Å². The summed E-state index contributed by atoms with van der Waals surface area (Å²) in [6.07, 6.45) is 6.50. The van der Waals surface area contributed by atoms with Crippen molar-refractivity contribution in [3.63, 3.8) is 0 Å². The van der Waals surface area contributed by atoms with Gasteiger partial charge in [-0.1, -0.05) is 0 Å². The summed E-state index contributed by atoms with van der Waals surface area (Å²) >= 11 is 0. The molecule has 27 valence electrons. The Morgan fingerprint density at radius 2 is 1.40 bits per heavy atom. The van der Waals surface area contributed by atoms with Crippen LogP contribution in [0.3, 0.4) is 0 Å². The van der Waals surface area contributed by atoms with E-state index in [0.29, 0.717) is 0 Å². The third kappa shape index (κ3) is 1.89. The van der Waals surface area contributed by atoms with Crippen LogP contribution in [0.5, 0.6) is 0 Å². The van der Waals surface area contributed by atoms with Crippen molar-refractivity contribution in [3.8, 4) is 0 Å². The van der Waals surface area contributed by atoms with Gasteiger partial charge < -0.3 is 6.42 Å². The molecule has 0 spiro atoms. The molecule has 0 aliphatic heterocycles. The Bertz CT molecular complexity index is 11.6. The van der Waals surface area contributed by atoms with Crippen molar-refractivity contribution in [2.75, 3.05) is 0 Å². The summed E-state index contributed by atoms with van der Waals surface area (Å²) < 4.78 is 0. The molecule has 5 heavy (non-hydrogen) atoms. The third-order valence-electron chi connectivity index (χ3n) is 0.816. The maximum atomic E-state index is 2.31. The fourth-order valence-corrected chi connectivity index (χ4v) is 0.204. The van der Waals surface area contributed by atoms with Crippen molar-refractivity contribution in [3.05, 3.63) is 6.42 Å². The average Bonchev–Trinajstić information content (AvgIpc) is 0.722. The Balaban J connectivity index is 0.000000160. The van der Waals surface area contributed by atoms with Gasteiger partial charge in [0.25, 0.3) is 0 Å². The molecule has 1 heteroatoms. The molecule has 1 rings (SSSR count). The zero-order valence-corrected chi connectivity index (χ0v) is 6.11. The first-order chi connectivity index (χ1) is 2.00. The molecule has 0 bridgehead atoms. The molecule has 0 aromatic carbocycles. The van der Waals surface area contributed by atoms with Gasteiger partial charge in [-0.25, -0.2) is 0 Å². The predicted molar refractivity (Wildman–Crippen MR) is 18.2 cm³/mol. The standard InChI is InChI=1S/C4H7.Y/c1-2-4-3-1;/h1H,2-4H2;/q-1;. The van der Waals surface area contributed by atoms with Crippen LogP contribution >= 0.6 is 0 Å². The monoisotopic (exact) mass is 144 g/mol. The van der Waals surface area contributed by atoms with Crippen molar-refractivity contribution in [1.29, 1.82) is 0 Å². The molecule has 0 saturated heterocycles. The van der Waals surface area contributed by atoms with Gasteiger partial charge in [0.1, 0.15) is 0 Å². The minimum absolute atomic E-state index is 0. The smallest absolute Gasteiger partial charge is 0 e. The van der Waals surface area contributed by atoms with E-state index in [0.717, 1.165) is 0 Å². The Hall–Kier alpha value is 1.10. The quantitative estimate of drug-likeness (QED) is 0.450. The van der Waals surface area contributed by atoms with E-state index < -0.39 is 0 Å². The van der Waals surface area contributed by atoms with Gasteiger partial charge in [-0.2, -0.15) is 12.8 Å². The number of hydrogen-bond donors (Lipinski definition) is 0. The summed E-state index contributed by atoms with van der Waals surface area (Å²) in [5.74, 6) is 0. The van der Waals surface area contributed by atoms with Crippen LogP contribution in [0.2, 0.25) is 0 Å². The summed E-state index contributed by atoms with van der Waals surface area (Å²) in [6, 6.07) is 0. The molecular weight excluding hydrogens is 137 g/mol. The Kier molecular flexibility index (Phi) is 4.03. The topological polar surface area (TPSA) is 0 Å². The number of hydrogen-bond acceptors (Lipinski definition) is 0. The fraction of sp³-hybridized carbons (Fsp3) is 0.750. The van der Waals surface area contributed by atoms with Gasteiger partial charge in [0.05, 0.1) is 0 Å². The zero-order chi connectivity index (χ0) is 2.83. The van der Waals surface area contributed by atoms with E-state index in [-0.39, 0.29) is 32.7 Å². The molecule has 0 amide bonds. The normalized spacial score (nSPS) is 19.2. The van der Waals surface area contributed by atoms with Crippen LogP contribution in [-0.4, -0.2) is 0 Å². The third-order valence-corrected chi connectivity index (χ3v) is 0.816. The molecular formula is C4H7Y-. The first-order valence-corrected chi connectivity index (χ1v) is 1.82. The summed E-state index contributed by atoms with van der Waals surface area (Å²) in [6.45, 7) is 0. The molecule has 0 unspecified atom stereocenters. The largest absolute Gasteiger partial charge is 0.329 e. The molecule has 0 aromatic heterocycles.